The molecule has 3 nitrogen and oxygen atoms in total. The Morgan fingerprint density at radius 3 is 2.48 bits per heavy atom. The molecule has 3 aliphatic rings. The summed E-state index contributed by atoms with van der Waals surface area (Å²) in [6, 6.07) is 4.67. The molecule has 3 saturated heterocycles. The zero-order valence-corrected chi connectivity index (χ0v) is 14.6. The second-order valence-electron chi connectivity index (χ2n) is 5.91. The van der Waals surface area contributed by atoms with Crippen molar-refractivity contribution in [3.63, 3.8) is 0 Å². The standard InChI is InChI=1S/C15H15BrClF3O3/c1-2-5-13-7-21-15(22-8-13,23-12(13)14(18,19)20)9-3-4-10(16)11(17)6-9/h3-4,6,12H,2,5,7-8H2,1H3. The lowest BCUT2D eigenvalue weighted by Crippen LogP contribution is -2.66. The summed E-state index contributed by atoms with van der Waals surface area (Å²) in [5.74, 6) is -1.86. The maximum Gasteiger partial charge on any atom is 0.415 e. The molecule has 3 aliphatic heterocycles. The van der Waals surface area contributed by atoms with Crippen LogP contribution in [0, 0.1) is 5.41 Å². The Labute approximate surface area is 145 Å². The van der Waals surface area contributed by atoms with Gasteiger partial charge in [-0.05, 0) is 40.5 Å². The molecule has 4 rings (SSSR count). The maximum absolute atomic E-state index is 13.5. The first kappa shape index (κ1) is 17.5. The van der Waals surface area contributed by atoms with E-state index in [1.807, 2.05) is 6.92 Å². The predicted molar refractivity (Wildman–Crippen MR) is 81.0 cm³/mol. The molecule has 3 heterocycles. The fourth-order valence-corrected chi connectivity index (χ4v) is 3.60. The Morgan fingerprint density at radius 1 is 1.30 bits per heavy atom. The van der Waals surface area contributed by atoms with Gasteiger partial charge in [0.2, 0.25) is 0 Å². The van der Waals surface area contributed by atoms with Crippen LogP contribution in [-0.2, 0) is 20.2 Å². The minimum Gasteiger partial charge on any atom is -0.323 e. The molecule has 0 saturated carbocycles. The van der Waals surface area contributed by atoms with Crippen LogP contribution < -0.4 is 0 Å². The van der Waals surface area contributed by atoms with Crippen molar-refractivity contribution in [3.05, 3.63) is 33.3 Å². The van der Waals surface area contributed by atoms with Crippen LogP contribution in [0.3, 0.4) is 0 Å². The average molecular weight is 416 g/mol. The SMILES string of the molecule is CCCC12COC(c3ccc(Br)c(Cl)c3)(OC1)OC2C(F)(F)F. The third kappa shape index (κ3) is 2.91. The van der Waals surface area contributed by atoms with Gasteiger partial charge in [-0.15, -0.1) is 0 Å². The first-order chi connectivity index (χ1) is 10.7. The van der Waals surface area contributed by atoms with E-state index in [-0.39, 0.29) is 13.2 Å². The van der Waals surface area contributed by atoms with Crippen molar-refractivity contribution < 1.29 is 27.4 Å². The van der Waals surface area contributed by atoms with Crippen LogP contribution in [0.2, 0.25) is 5.02 Å². The fourth-order valence-electron chi connectivity index (χ4n) is 3.17. The molecular weight excluding hydrogens is 401 g/mol. The molecule has 1 atom stereocenters. The van der Waals surface area contributed by atoms with Crippen molar-refractivity contribution in [1.82, 2.24) is 0 Å². The number of halogens is 5. The lowest BCUT2D eigenvalue weighted by molar-refractivity contribution is -0.524. The zero-order valence-electron chi connectivity index (χ0n) is 12.3. The Bertz CT molecular complexity index is 600. The third-order valence-corrected chi connectivity index (χ3v) is 5.48. The van der Waals surface area contributed by atoms with Crippen LogP contribution in [-0.4, -0.2) is 25.5 Å². The normalized spacial score (nSPS) is 33.9. The van der Waals surface area contributed by atoms with E-state index in [1.165, 1.54) is 6.07 Å². The number of ether oxygens (including phenoxy) is 3. The second kappa shape index (κ2) is 5.88. The highest BCUT2D eigenvalue weighted by atomic mass is 79.9. The van der Waals surface area contributed by atoms with Gasteiger partial charge in [0, 0.05) is 10.0 Å². The molecule has 0 aliphatic carbocycles. The van der Waals surface area contributed by atoms with Crippen molar-refractivity contribution in [2.75, 3.05) is 13.2 Å². The number of hydrogen-bond donors (Lipinski definition) is 0. The first-order valence-electron chi connectivity index (χ1n) is 7.20. The molecule has 0 amide bonds. The van der Waals surface area contributed by atoms with Gasteiger partial charge < -0.3 is 14.2 Å². The Morgan fingerprint density at radius 2 is 1.96 bits per heavy atom. The van der Waals surface area contributed by atoms with E-state index in [0.29, 0.717) is 27.9 Å². The second-order valence-corrected chi connectivity index (χ2v) is 7.18. The van der Waals surface area contributed by atoms with Crippen LogP contribution in [0.4, 0.5) is 13.2 Å². The molecule has 1 aromatic rings. The number of fused-ring (bicyclic) bond motifs is 3. The molecule has 0 spiro atoms. The molecule has 0 N–H and O–H groups in total. The highest BCUT2D eigenvalue weighted by Gasteiger charge is 2.66. The van der Waals surface area contributed by atoms with E-state index in [9.17, 15) is 13.2 Å². The van der Waals surface area contributed by atoms with Crippen molar-refractivity contribution in [2.24, 2.45) is 5.41 Å². The van der Waals surface area contributed by atoms with E-state index in [0.717, 1.165) is 0 Å². The van der Waals surface area contributed by atoms with E-state index >= 15 is 0 Å². The van der Waals surface area contributed by atoms with Gasteiger partial charge in [0.25, 0.3) is 0 Å². The van der Waals surface area contributed by atoms with E-state index in [2.05, 4.69) is 15.9 Å². The summed E-state index contributed by atoms with van der Waals surface area (Å²) >= 11 is 9.27. The highest BCUT2D eigenvalue weighted by Crippen LogP contribution is 2.54. The van der Waals surface area contributed by atoms with E-state index < -0.39 is 23.7 Å². The summed E-state index contributed by atoms with van der Waals surface area (Å²) in [6.45, 7) is 1.69. The zero-order chi connectivity index (χ0) is 16.9. The quantitative estimate of drug-likeness (QED) is 0.695. The molecule has 1 unspecified atom stereocenters. The Kier molecular flexibility index (Phi) is 4.47. The lowest BCUT2D eigenvalue weighted by Gasteiger charge is -2.56. The van der Waals surface area contributed by atoms with Crippen molar-refractivity contribution >= 4 is 27.5 Å². The molecule has 0 aromatic heterocycles. The van der Waals surface area contributed by atoms with Crippen LogP contribution in [0.1, 0.15) is 25.3 Å². The van der Waals surface area contributed by atoms with E-state index in [4.69, 9.17) is 25.8 Å². The van der Waals surface area contributed by atoms with Crippen molar-refractivity contribution in [3.8, 4) is 0 Å². The Balaban J connectivity index is 1.99. The molecule has 128 valence electrons. The number of alkyl halides is 3. The molecule has 23 heavy (non-hydrogen) atoms. The highest BCUT2D eigenvalue weighted by molar-refractivity contribution is 9.10. The number of benzene rings is 1. The Hall–Kier alpha value is -0.340. The predicted octanol–water partition coefficient (Wildman–Crippen LogP) is 5.01. The van der Waals surface area contributed by atoms with Gasteiger partial charge in [0.1, 0.15) is 0 Å². The van der Waals surface area contributed by atoms with Crippen LogP contribution in [0.5, 0.6) is 0 Å². The molecular formula is C15H15BrClF3O3. The summed E-state index contributed by atoms with van der Waals surface area (Å²) in [6.07, 6.45) is -5.53. The monoisotopic (exact) mass is 414 g/mol. The molecule has 0 radical (unpaired) electrons. The largest absolute Gasteiger partial charge is 0.415 e. The molecule has 2 bridgehead atoms. The lowest BCUT2D eigenvalue weighted by atomic mass is 9.76. The van der Waals surface area contributed by atoms with Gasteiger partial charge in [-0.3, -0.25) is 0 Å². The third-order valence-electron chi connectivity index (χ3n) is 4.25. The molecule has 8 heteroatoms. The summed E-state index contributed by atoms with van der Waals surface area (Å²) in [5, 5.41) is 0.340. The van der Waals surface area contributed by atoms with Gasteiger partial charge in [0.05, 0.1) is 23.7 Å². The van der Waals surface area contributed by atoms with E-state index in [1.54, 1.807) is 12.1 Å². The van der Waals surface area contributed by atoms with Crippen LogP contribution >= 0.6 is 27.5 Å². The minimum absolute atomic E-state index is 0.0707. The topological polar surface area (TPSA) is 27.7 Å². The fraction of sp³-hybridized carbons (Fsp3) is 0.600. The summed E-state index contributed by atoms with van der Waals surface area (Å²) in [5.41, 5.74) is -0.891. The smallest absolute Gasteiger partial charge is 0.323 e. The van der Waals surface area contributed by atoms with Crippen LogP contribution in [0.25, 0.3) is 0 Å². The molecule has 1 aromatic carbocycles. The first-order valence-corrected chi connectivity index (χ1v) is 8.37. The van der Waals surface area contributed by atoms with Gasteiger partial charge in [-0.1, -0.05) is 24.9 Å². The summed E-state index contributed by atoms with van der Waals surface area (Å²) < 4.78 is 57.8. The number of hydrogen-bond acceptors (Lipinski definition) is 3. The minimum atomic E-state index is -4.49. The van der Waals surface area contributed by atoms with Crippen molar-refractivity contribution in [2.45, 2.75) is 38.0 Å². The van der Waals surface area contributed by atoms with Gasteiger partial charge >= 0.3 is 12.1 Å². The van der Waals surface area contributed by atoms with Crippen molar-refractivity contribution in [1.29, 1.82) is 0 Å². The maximum atomic E-state index is 13.5. The van der Waals surface area contributed by atoms with Gasteiger partial charge in [-0.2, -0.15) is 13.2 Å². The summed E-state index contributed by atoms with van der Waals surface area (Å²) in [4.78, 5) is 0. The number of rotatable bonds is 3. The summed E-state index contributed by atoms with van der Waals surface area (Å²) in [7, 11) is 0. The molecule has 3 fully saturated rings. The van der Waals surface area contributed by atoms with Gasteiger partial charge in [-0.25, -0.2) is 0 Å². The average Bonchev–Trinajstić information content (AvgIpc) is 2.50. The van der Waals surface area contributed by atoms with Crippen LogP contribution in [0.15, 0.2) is 22.7 Å². The van der Waals surface area contributed by atoms with Gasteiger partial charge in [0.15, 0.2) is 6.10 Å².